The van der Waals surface area contributed by atoms with Crippen molar-refractivity contribution in [2.75, 3.05) is 43.9 Å². The van der Waals surface area contributed by atoms with Gasteiger partial charge in [0, 0.05) is 37.6 Å². The Balaban J connectivity index is 1.44. The van der Waals surface area contributed by atoms with Crippen LogP contribution in [0.15, 0.2) is 54.7 Å². The predicted molar refractivity (Wildman–Crippen MR) is 144 cm³/mol. The predicted octanol–water partition coefficient (Wildman–Crippen LogP) is 6.02. The Morgan fingerprint density at radius 1 is 1.05 bits per heavy atom. The lowest BCUT2D eigenvalue weighted by atomic mass is 10.1. The summed E-state index contributed by atoms with van der Waals surface area (Å²) in [5, 5.41) is 7.19. The van der Waals surface area contributed by atoms with Crippen molar-refractivity contribution in [1.82, 2.24) is 15.2 Å². The van der Waals surface area contributed by atoms with Gasteiger partial charge in [0.1, 0.15) is 28.8 Å². The minimum absolute atomic E-state index is 0.0212. The molecule has 1 aliphatic rings. The van der Waals surface area contributed by atoms with Crippen LogP contribution in [0.5, 0.6) is 17.2 Å². The molecule has 1 fully saturated rings. The summed E-state index contributed by atoms with van der Waals surface area (Å²) in [5.74, 6) is -0.202. The first-order chi connectivity index (χ1) is 19.1. The largest absolute Gasteiger partial charge is 0.490 e. The summed E-state index contributed by atoms with van der Waals surface area (Å²) >= 11 is 6.29. The number of urea groups is 1. The molecule has 1 aromatic heterocycles. The maximum Gasteiger partial charge on any atom is 0.420 e. The van der Waals surface area contributed by atoms with Crippen LogP contribution >= 0.6 is 11.6 Å². The lowest BCUT2D eigenvalue weighted by Gasteiger charge is -2.20. The van der Waals surface area contributed by atoms with Crippen molar-refractivity contribution in [2.24, 2.45) is 0 Å². The molecule has 3 amide bonds. The second-order valence-corrected chi connectivity index (χ2v) is 9.24. The molecule has 0 aliphatic carbocycles. The molecule has 40 heavy (non-hydrogen) atoms. The van der Waals surface area contributed by atoms with Gasteiger partial charge in [-0.25, -0.2) is 4.79 Å². The van der Waals surface area contributed by atoms with Crippen molar-refractivity contribution in [2.45, 2.75) is 19.0 Å². The van der Waals surface area contributed by atoms with Crippen LogP contribution in [0.1, 0.15) is 28.9 Å². The van der Waals surface area contributed by atoms with Crippen molar-refractivity contribution in [3.63, 3.8) is 0 Å². The molecular formula is C27H27ClF3N5O4. The second kappa shape index (κ2) is 12.9. The summed E-state index contributed by atoms with van der Waals surface area (Å²) in [6.45, 7) is 2.23. The van der Waals surface area contributed by atoms with E-state index >= 15 is 0 Å². The molecule has 0 atom stereocenters. The van der Waals surface area contributed by atoms with Gasteiger partial charge in [-0.3, -0.25) is 14.7 Å². The van der Waals surface area contributed by atoms with Crippen LogP contribution in [-0.2, 0) is 6.18 Å². The zero-order valence-electron chi connectivity index (χ0n) is 21.5. The number of alkyl halides is 3. The van der Waals surface area contributed by atoms with Crippen LogP contribution in [0, 0.1) is 0 Å². The van der Waals surface area contributed by atoms with Gasteiger partial charge in [0.15, 0.2) is 5.75 Å². The summed E-state index contributed by atoms with van der Waals surface area (Å²) in [6.07, 6.45) is -1.18. The Labute approximate surface area is 233 Å². The summed E-state index contributed by atoms with van der Waals surface area (Å²) < 4.78 is 52.1. The normalized spacial score (nSPS) is 13.5. The van der Waals surface area contributed by atoms with Gasteiger partial charge in [-0.05, 0) is 56.3 Å². The number of benzene rings is 2. The van der Waals surface area contributed by atoms with Crippen molar-refractivity contribution in [1.29, 1.82) is 0 Å². The van der Waals surface area contributed by atoms with E-state index in [2.05, 4.69) is 25.8 Å². The highest BCUT2D eigenvalue weighted by atomic mass is 35.5. The van der Waals surface area contributed by atoms with E-state index in [0.717, 1.165) is 38.1 Å². The zero-order chi connectivity index (χ0) is 28.7. The molecule has 0 saturated carbocycles. The van der Waals surface area contributed by atoms with E-state index in [9.17, 15) is 22.8 Å². The third-order valence-corrected chi connectivity index (χ3v) is 6.40. The van der Waals surface area contributed by atoms with Gasteiger partial charge in [-0.2, -0.15) is 13.2 Å². The molecule has 9 nitrogen and oxygen atoms in total. The fourth-order valence-corrected chi connectivity index (χ4v) is 4.35. The number of halogens is 4. The first-order valence-corrected chi connectivity index (χ1v) is 12.8. The van der Waals surface area contributed by atoms with E-state index in [1.54, 1.807) is 24.3 Å². The highest BCUT2D eigenvalue weighted by molar-refractivity contribution is 6.35. The number of carbonyl (C=O) groups is 2. The Kier molecular flexibility index (Phi) is 9.33. The van der Waals surface area contributed by atoms with Crippen LogP contribution in [0.4, 0.5) is 29.3 Å². The number of nitrogens with zero attached hydrogens (tertiary/aromatic N) is 2. The highest BCUT2D eigenvalue weighted by Crippen LogP contribution is 2.43. The minimum atomic E-state index is -4.69. The van der Waals surface area contributed by atoms with E-state index in [1.165, 1.54) is 25.4 Å². The average Bonchev–Trinajstić information content (AvgIpc) is 3.43. The Bertz CT molecular complexity index is 1370. The lowest BCUT2D eigenvalue weighted by molar-refractivity contribution is -0.138. The van der Waals surface area contributed by atoms with Gasteiger partial charge in [-0.15, -0.1) is 0 Å². The molecule has 0 unspecified atom stereocenters. The molecule has 0 spiro atoms. The number of carbonyl (C=O) groups excluding carboxylic acids is 2. The topological polar surface area (TPSA) is 105 Å². The van der Waals surface area contributed by atoms with Crippen molar-refractivity contribution in [3.05, 3.63) is 71.0 Å². The van der Waals surface area contributed by atoms with E-state index in [-0.39, 0.29) is 28.9 Å². The molecule has 13 heteroatoms. The van der Waals surface area contributed by atoms with Crippen molar-refractivity contribution >= 4 is 34.9 Å². The first kappa shape index (κ1) is 29.0. The number of pyridine rings is 1. The monoisotopic (exact) mass is 577 g/mol. The van der Waals surface area contributed by atoms with Gasteiger partial charge in [0.2, 0.25) is 0 Å². The number of aromatic nitrogens is 1. The summed E-state index contributed by atoms with van der Waals surface area (Å²) in [6, 6.07) is 10.6. The summed E-state index contributed by atoms with van der Waals surface area (Å²) in [4.78, 5) is 30.6. The molecule has 1 saturated heterocycles. The van der Waals surface area contributed by atoms with Gasteiger partial charge in [0.25, 0.3) is 5.91 Å². The van der Waals surface area contributed by atoms with E-state index in [1.807, 2.05) is 0 Å². The van der Waals surface area contributed by atoms with E-state index in [0.29, 0.717) is 23.7 Å². The average molecular weight is 578 g/mol. The third-order valence-electron chi connectivity index (χ3n) is 6.02. The summed E-state index contributed by atoms with van der Waals surface area (Å²) in [5.41, 5.74) is -0.568. The zero-order valence-corrected chi connectivity index (χ0v) is 22.2. The van der Waals surface area contributed by atoms with Crippen LogP contribution < -0.4 is 25.4 Å². The van der Waals surface area contributed by atoms with Crippen LogP contribution in [-0.4, -0.2) is 55.1 Å². The quantitative estimate of drug-likeness (QED) is 0.287. The molecule has 0 bridgehead atoms. The molecule has 0 radical (unpaired) electrons. The smallest absolute Gasteiger partial charge is 0.420 e. The maximum atomic E-state index is 13.6. The fourth-order valence-electron chi connectivity index (χ4n) is 4.08. The van der Waals surface area contributed by atoms with Gasteiger partial charge < -0.3 is 25.4 Å². The Hall–Kier alpha value is -4.03. The lowest BCUT2D eigenvalue weighted by Crippen LogP contribution is -2.25. The Morgan fingerprint density at radius 2 is 1.80 bits per heavy atom. The van der Waals surface area contributed by atoms with Crippen molar-refractivity contribution < 1.29 is 32.2 Å². The number of nitrogens with one attached hydrogen (secondary N) is 3. The molecule has 3 N–H and O–H groups in total. The van der Waals surface area contributed by atoms with Crippen LogP contribution in [0.3, 0.4) is 0 Å². The molecule has 1 aliphatic heterocycles. The molecule has 3 aromatic rings. The fraction of sp³-hybridized carbons (Fsp3) is 0.296. The molecule has 212 valence electrons. The van der Waals surface area contributed by atoms with Crippen LogP contribution in [0.25, 0.3) is 0 Å². The van der Waals surface area contributed by atoms with Crippen LogP contribution in [0.2, 0.25) is 5.02 Å². The van der Waals surface area contributed by atoms with Gasteiger partial charge >= 0.3 is 12.2 Å². The van der Waals surface area contributed by atoms with Gasteiger partial charge in [-0.1, -0.05) is 17.7 Å². The number of amides is 3. The minimum Gasteiger partial charge on any atom is -0.490 e. The number of anilines is 2. The number of likely N-dealkylation sites (tertiary alicyclic amines) is 1. The molecule has 2 aromatic carbocycles. The number of rotatable bonds is 9. The molecular weight excluding hydrogens is 551 g/mol. The maximum absolute atomic E-state index is 13.6. The summed E-state index contributed by atoms with van der Waals surface area (Å²) in [7, 11) is 1.49. The first-order valence-electron chi connectivity index (χ1n) is 12.4. The van der Waals surface area contributed by atoms with E-state index in [4.69, 9.17) is 21.1 Å². The second-order valence-electron chi connectivity index (χ2n) is 8.86. The van der Waals surface area contributed by atoms with Crippen molar-refractivity contribution in [3.8, 4) is 17.2 Å². The standard InChI is InChI=1S/C27H27ClF3N5O4/c1-32-25(37)22-16-19(9-10-33-22)40-18-6-4-5-17(15-18)34-26(38)35-21-8-7-20(27(29,30)31)24(23(21)28)39-14-13-36-11-2-3-12-36/h4-10,15-16H,2-3,11-14H2,1H3,(H,32,37)(H2,34,35,38). The highest BCUT2D eigenvalue weighted by Gasteiger charge is 2.36. The SMILES string of the molecule is CNC(=O)c1cc(Oc2cccc(NC(=O)Nc3ccc(C(F)(F)F)c(OCCN4CCCC4)c3Cl)c2)ccn1. The number of ether oxygens (including phenoxy) is 2. The van der Waals surface area contributed by atoms with E-state index < -0.39 is 23.5 Å². The number of hydrogen-bond acceptors (Lipinski definition) is 6. The molecule has 4 rings (SSSR count). The molecule has 2 heterocycles. The van der Waals surface area contributed by atoms with Gasteiger partial charge in [0.05, 0.1) is 11.3 Å². The number of hydrogen-bond donors (Lipinski definition) is 3. The Morgan fingerprint density at radius 3 is 2.52 bits per heavy atom. The third kappa shape index (κ3) is 7.54.